The number of halogens is 1. The summed E-state index contributed by atoms with van der Waals surface area (Å²) in [6, 6.07) is 14.8. The van der Waals surface area contributed by atoms with Crippen LogP contribution in [-0.2, 0) is 16.1 Å². The molecule has 1 N–H and O–H groups in total. The third-order valence-corrected chi connectivity index (χ3v) is 4.80. The highest BCUT2D eigenvalue weighted by atomic mass is 35.5. The van der Waals surface area contributed by atoms with Crippen LogP contribution in [0.1, 0.15) is 18.9 Å². The van der Waals surface area contributed by atoms with E-state index in [1.807, 2.05) is 67.4 Å². The molecule has 2 aromatic rings. The number of carbonyl (C=O) groups excluding carboxylic acids is 2. The molecule has 26 heavy (non-hydrogen) atoms. The summed E-state index contributed by atoms with van der Waals surface area (Å²) in [4.78, 5) is 28.7. The quantitative estimate of drug-likeness (QED) is 0.894. The van der Waals surface area contributed by atoms with Crippen LogP contribution in [0.25, 0.3) is 0 Å². The van der Waals surface area contributed by atoms with E-state index in [1.165, 1.54) is 0 Å². The lowest BCUT2D eigenvalue weighted by atomic mass is 10.1. The number of anilines is 2. The first kappa shape index (κ1) is 18.4. The third kappa shape index (κ3) is 4.06. The van der Waals surface area contributed by atoms with Gasteiger partial charge in [-0.15, -0.1) is 0 Å². The van der Waals surface area contributed by atoms with E-state index in [2.05, 4.69) is 5.32 Å². The molecule has 1 unspecified atom stereocenters. The molecule has 0 aliphatic carbocycles. The van der Waals surface area contributed by atoms with Crippen LogP contribution in [0.4, 0.5) is 11.4 Å². The molecule has 2 aromatic carbocycles. The van der Waals surface area contributed by atoms with Gasteiger partial charge in [-0.05, 0) is 37.7 Å². The molecular formula is C20H22ClN3O2. The van der Waals surface area contributed by atoms with Gasteiger partial charge in [-0.1, -0.05) is 41.9 Å². The minimum Gasteiger partial charge on any atom is -0.324 e. The Kier molecular flexibility index (Phi) is 5.59. The Labute approximate surface area is 158 Å². The van der Waals surface area contributed by atoms with Crippen molar-refractivity contribution in [3.63, 3.8) is 0 Å². The van der Waals surface area contributed by atoms with Crippen LogP contribution in [0.2, 0.25) is 5.02 Å². The van der Waals surface area contributed by atoms with Crippen molar-refractivity contribution in [2.45, 2.75) is 25.9 Å². The van der Waals surface area contributed by atoms with Gasteiger partial charge in [0, 0.05) is 24.0 Å². The smallest absolute Gasteiger partial charge is 0.241 e. The SMILES string of the molecule is CC1CC(=O)Nc2ccccc2N1C(=O)CN(C)Cc1ccccc1Cl. The van der Waals surface area contributed by atoms with E-state index in [-0.39, 0.29) is 30.8 Å². The second kappa shape index (κ2) is 7.89. The van der Waals surface area contributed by atoms with E-state index in [0.29, 0.717) is 17.3 Å². The van der Waals surface area contributed by atoms with Gasteiger partial charge in [0.25, 0.3) is 0 Å². The summed E-state index contributed by atoms with van der Waals surface area (Å²) in [6.45, 7) is 2.71. The third-order valence-electron chi connectivity index (χ3n) is 4.43. The van der Waals surface area contributed by atoms with E-state index >= 15 is 0 Å². The number of rotatable bonds is 4. The molecule has 0 saturated heterocycles. The maximum Gasteiger partial charge on any atom is 0.241 e. The van der Waals surface area contributed by atoms with Crippen LogP contribution < -0.4 is 10.2 Å². The van der Waals surface area contributed by atoms with E-state index in [0.717, 1.165) is 11.3 Å². The highest BCUT2D eigenvalue weighted by Crippen LogP contribution is 2.31. The Morgan fingerprint density at radius 1 is 1.23 bits per heavy atom. The van der Waals surface area contributed by atoms with Gasteiger partial charge in [-0.3, -0.25) is 14.5 Å². The summed E-state index contributed by atoms with van der Waals surface area (Å²) in [7, 11) is 1.89. The molecule has 0 radical (unpaired) electrons. The lowest BCUT2D eigenvalue weighted by Crippen LogP contribution is -2.44. The Balaban J connectivity index is 1.78. The Hall–Kier alpha value is -2.37. The lowest BCUT2D eigenvalue weighted by molar-refractivity contribution is -0.120. The summed E-state index contributed by atoms with van der Waals surface area (Å²) < 4.78 is 0. The highest BCUT2D eigenvalue weighted by molar-refractivity contribution is 6.31. The monoisotopic (exact) mass is 371 g/mol. The van der Waals surface area contributed by atoms with Gasteiger partial charge < -0.3 is 10.2 Å². The molecule has 1 heterocycles. The van der Waals surface area contributed by atoms with E-state index < -0.39 is 0 Å². The fourth-order valence-electron chi connectivity index (χ4n) is 3.25. The summed E-state index contributed by atoms with van der Waals surface area (Å²) in [6.07, 6.45) is 0.272. The van der Waals surface area contributed by atoms with Gasteiger partial charge in [0.15, 0.2) is 0 Å². The van der Waals surface area contributed by atoms with E-state index in [9.17, 15) is 9.59 Å². The highest BCUT2D eigenvalue weighted by Gasteiger charge is 2.29. The van der Waals surface area contributed by atoms with Gasteiger partial charge in [0.2, 0.25) is 11.8 Å². The molecule has 2 amide bonds. The molecule has 6 heteroatoms. The molecule has 1 atom stereocenters. The zero-order chi connectivity index (χ0) is 18.7. The van der Waals surface area contributed by atoms with Crippen LogP contribution in [0.5, 0.6) is 0 Å². The molecule has 1 aliphatic rings. The largest absolute Gasteiger partial charge is 0.324 e. The van der Waals surface area contributed by atoms with Gasteiger partial charge in [0.1, 0.15) is 0 Å². The van der Waals surface area contributed by atoms with Crippen LogP contribution in [-0.4, -0.2) is 36.3 Å². The normalized spacial score (nSPS) is 16.8. The van der Waals surface area contributed by atoms with Crippen molar-refractivity contribution in [1.82, 2.24) is 4.90 Å². The number of benzene rings is 2. The van der Waals surface area contributed by atoms with Gasteiger partial charge in [-0.25, -0.2) is 0 Å². The standard InChI is InChI=1S/C20H22ClN3O2/c1-14-11-19(25)22-17-9-5-6-10-18(17)24(14)20(26)13-23(2)12-15-7-3-4-8-16(15)21/h3-10,14H,11-13H2,1-2H3,(H,22,25). The van der Waals surface area contributed by atoms with Gasteiger partial charge in [0.05, 0.1) is 17.9 Å². The van der Waals surface area contributed by atoms with Crippen LogP contribution in [0.3, 0.4) is 0 Å². The first-order chi connectivity index (χ1) is 12.5. The number of amides is 2. The first-order valence-corrected chi connectivity index (χ1v) is 8.96. The van der Waals surface area contributed by atoms with Crippen LogP contribution in [0.15, 0.2) is 48.5 Å². The van der Waals surface area contributed by atoms with E-state index in [4.69, 9.17) is 11.6 Å². The van der Waals surface area contributed by atoms with Crippen molar-refractivity contribution >= 4 is 34.8 Å². The summed E-state index contributed by atoms with van der Waals surface area (Å²) in [5.74, 6) is -0.124. The van der Waals surface area contributed by atoms with Crippen LogP contribution >= 0.6 is 11.6 Å². The van der Waals surface area contributed by atoms with Gasteiger partial charge in [-0.2, -0.15) is 0 Å². The second-order valence-corrected chi connectivity index (χ2v) is 7.05. The number of fused-ring (bicyclic) bond motifs is 1. The van der Waals surface area contributed by atoms with Crippen molar-refractivity contribution in [2.75, 3.05) is 23.8 Å². The number of carbonyl (C=O) groups is 2. The van der Waals surface area contributed by atoms with Crippen molar-refractivity contribution in [3.05, 3.63) is 59.1 Å². The molecule has 0 fully saturated rings. The molecule has 0 bridgehead atoms. The first-order valence-electron chi connectivity index (χ1n) is 8.58. The van der Waals surface area contributed by atoms with Crippen molar-refractivity contribution < 1.29 is 9.59 Å². The van der Waals surface area contributed by atoms with Crippen molar-refractivity contribution in [2.24, 2.45) is 0 Å². The fraction of sp³-hybridized carbons (Fsp3) is 0.300. The molecule has 0 spiro atoms. The number of para-hydroxylation sites is 2. The van der Waals surface area contributed by atoms with Gasteiger partial charge >= 0.3 is 0 Å². The number of nitrogens with one attached hydrogen (secondary N) is 1. The molecule has 5 nitrogen and oxygen atoms in total. The molecule has 0 aromatic heterocycles. The summed E-state index contributed by atoms with van der Waals surface area (Å²) in [5, 5.41) is 3.56. The Morgan fingerprint density at radius 3 is 2.69 bits per heavy atom. The zero-order valence-corrected chi connectivity index (χ0v) is 15.7. The average Bonchev–Trinajstić information content (AvgIpc) is 2.71. The van der Waals surface area contributed by atoms with E-state index in [1.54, 1.807) is 4.90 Å². The second-order valence-electron chi connectivity index (χ2n) is 6.65. The minimum absolute atomic E-state index is 0.0454. The molecule has 1 aliphatic heterocycles. The Morgan fingerprint density at radius 2 is 1.92 bits per heavy atom. The minimum atomic E-state index is -0.208. The number of nitrogens with zero attached hydrogens (tertiary/aromatic N) is 2. The van der Waals surface area contributed by atoms with Crippen LogP contribution in [0, 0.1) is 0 Å². The number of likely N-dealkylation sites (N-methyl/N-ethyl adjacent to an activating group) is 1. The maximum atomic E-state index is 13.0. The molecular weight excluding hydrogens is 350 g/mol. The lowest BCUT2D eigenvalue weighted by Gasteiger charge is -2.29. The molecule has 3 rings (SSSR count). The maximum absolute atomic E-state index is 13.0. The molecule has 0 saturated carbocycles. The Bertz CT molecular complexity index is 824. The summed E-state index contributed by atoms with van der Waals surface area (Å²) in [5.41, 5.74) is 2.39. The van der Waals surface area contributed by atoms with Crippen molar-refractivity contribution in [1.29, 1.82) is 0 Å². The summed E-state index contributed by atoms with van der Waals surface area (Å²) >= 11 is 6.21. The topological polar surface area (TPSA) is 52.7 Å². The molecule has 136 valence electrons. The van der Waals surface area contributed by atoms with Crippen molar-refractivity contribution in [3.8, 4) is 0 Å². The fourth-order valence-corrected chi connectivity index (χ4v) is 3.44. The zero-order valence-electron chi connectivity index (χ0n) is 14.9. The number of hydrogen-bond acceptors (Lipinski definition) is 3. The average molecular weight is 372 g/mol. The predicted molar refractivity (Wildman–Crippen MR) is 104 cm³/mol. The number of hydrogen-bond donors (Lipinski definition) is 1. The predicted octanol–water partition coefficient (Wildman–Crippen LogP) is 3.54.